The van der Waals surface area contributed by atoms with E-state index in [0.717, 1.165) is 11.1 Å². The van der Waals surface area contributed by atoms with Gasteiger partial charge in [0, 0.05) is 18.1 Å². The van der Waals surface area contributed by atoms with Crippen molar-refractivity contribution in [3.05, 3.63) is 75.8 Å². The van der Waals surface area contributed by atoms with Crippen LogP contribution in [0.1, 0.15) is 24.0 Å². The zero-order valence-electron chi connectivity index (χ0n) is 9.54. The summed E-state index contributed by atoms with van der Waals surface area (Å²) in [5.41, 5.74) is 2.27. The minimum absolute atomic E-state index is 0.144. The van der Waals surface area contributed by atoms with Gasteiger partial charge in [0.2, 0.25) is 0 Å². The average Bonchev–Trinajstić information content (AvgIpc) is 2.39. The highest BCUT2D eigenvalue weighted by atomic mass is 16.6. The predicted octanol–water partition coefficient (Wildman–Crippen LogP) is 3.75. The second-order valence-electron chi connectivity index (χ2n) is 3.98. The lowest BCUT2D eigenvalue weighted by Crippen LogP contribution is -1.97. The molecule has 3 heteroatoms. The normalized spacial score (nSPS) is 12.1. The maximum atomic E-state index is 10.7. The number of hydrogen-bond acceptors (Lipinski definition) is 2. The van der Waals surface area contributed by atoms with Gasteiger partial charge in [-0.25, -0.2) is 0 Å². The molecule has 0 saturated heterocycles. The Balaban J connectivity index is 2.34. The van der Waals surface area contributed by atoms with Crippen LogP contribution in [0.15, 0.2) is 54.6 Å². The third-order valence-electron chi connectivity index (χ3n) is 2.88. The Morgan fingerprint density at radius 3 is 2.29 bits per heavy atom. The molecule has 86 valence electrons. The summed E-state index contributed by atoms with van der Waals surface area (Å²) in [6.07, 6.45) is 0. The molecule has 0 aromatic heterocycles. The summed E-state index contributed by atoms with van der Waals surface area (Å²) >= 11 is 0. The average molecular weight is 227 g/mol. The Morgan fingerprint density at radius 2 is 1.65 bits per heavy atom. The topological polar surface area (TPSA) is 43.1 Å². The molecule has 2 aromatic carbocycles. The Kier molecular flexibility index (Phi) is 3.19. The molecular weight excluding hydrogens is 214 g/mol. The van der Waals surface area contributed by atoms with Crippen molar-refractivity contribution < 1.29 is 4.92 Å². The number of nitrogens with zero attached hydrogens (tertiary/aromatic N) is 1. The fourth-order valence-corrected chi connectivity index (χ4v) is 1.84. The number of nitro benzene ring substituents is 1. The maximum Gasteiger partial charge on any atom is 0.269 e. The Labute approximate surface area is 99.9 Å². The van der Waals surface area contributed by atoms with Crippen molar-refractivity contribution in [1.82, 2.24) is 0 Å². The van der Waals surface area contributed by atoms with Crippen molar-refractivity contribution in [1.29, 1.82) is 0 Å². The predicted molar refractivity (Wildman–Crippen MR) is 67.1 cm³/mol. The Morgan fingerprint density at radius 1 is 1.00 bits per heavy atom. The second kappa shape index (κ2) is 4.78. The van der Waals surface area contributed by atoms with Crippen molar-refractivity contribution in [3.8, 4) is 0 Å². The van der Waals surface area contributed by atoms with Crippen LogP contribution >= 0.6 is 0 Å². The number of non-ortho nitro benzene ring substituents is 1. The van der Waals surface area contributed by atoms with Gasteiger partial charge in [-0.3, -0.25) is 10.1 Å². The summed E-state index contributed by atoms with van der Waals surface area (Å²) in [5, 5.41) is 10.7. The van der Waals surface area contributed by atoms with Gasteiger partial charge < -0.3 is 0 Å². The minimum atomic E-state index is -0.360. The maximum absolute atomic E-state index is 10.7. The van der Waals surface area contributed by atoms with Gasteiger partial charge in [0.05, 0.1) is 4.92 Å². The molecule has 17 heavy (non-hydrogen) atoms. The van der Waals surface area contributed by atoms with E-state index in [-0.39, 0.29) is 16.5 Å². The molecule has 0 bridgehead atoms. The highest BCUT2D eigenvalue weighted by Gasteiger charge is 2.11. The fourth-order valence-electron chi connectivity index (χ4n) is 1.84. The quantitative estimate of drug-likeness (QED) is 0.592. The van der Waals surface area contributed by atoms with Crippen LogP contribution < -0.4 is 0 Å². The molecule has 0 aliphatic rings. The monoisotopic (exact) mass is 227 g/mol. The third kappa shape index (κ3) is 2.50. The Bertz CT molecular complexity index is 523. The standard InChI is InChI=1S/C14H13NO2/c1-11(12-6-3-2-4-7-12)13-8-5-9-14(10-13)15(16)17/h2-11H,1H3. The van der Waals surface area contributed by atoms with E-state index < -0.39 is 0 Å². The lowest BCUT2D eigenvalue weighted by Gasteiger charge is -2.11. The zero-order chi connectivity index (χ0) is 12.3. The molecule has 0 fully saturated rings. The van der Waals surface area contributed by atoms with E-state index in [1.54, 1.807) is 12.1 Å². The molecule has 0 saturated carbocycles. The third-order valence-corrected chi connectivity index (χ3v) is 2.88. The van der Waals surface area contributed by atoms with Gasteiger partial charge in [-0.15, -0.1) is 0 Å². The van der Waals surface area contributed by atoms with Crippen LogP contribution in [-0.2, 0) is 0 Å². The molecule has 0 amide bonds. The Hall–Kier alpha value is -2.16. The lowest BCUT2D eigenvalue weighted by molar-refractivity contribution is -0.384. The van der Waals surface area contributed by atoms with E-state index in [1.165, 1.54) is 6.07 Å². The van der Waals surface area contributed by atoms with E-state index in [0.29, 0.717) is 0 Å². The van der Waals surface area contributed by atoms with Crippen LogP contribution in [0.4, 0.5) is 5.69 Å². The lowest BCUT2D eigenvalue weighted by atomic mass is 9.93. The largest absolute Gasteiger partial charge is 0.269 e. The van der Waals surface area contributed by atoms with Gasteiger partial charge in [-0.2, -0.15) is 0 Å². The van der Waals surface area contributed by atoms with Crippen molar-refractivity contribution in [2.45, 2.75) is 12.8 Å². The molecular formula is C14H13NO2. The van der Waals surface area contributed by atoms with Crippen molar-refractivity contribution in [3.63, 3.8) is 0 Å². The summed E-state index contributed by atoms with van der Waals surface area (Å²) in [6.45, 7) is 2.05. The first-order valence-corrected chi connectivity index (χ1v) is 5.48. The highest BCUT2D eigenvalue weighted by molar-refractivity contribution is 5.39. The molecule has 3 nitrogen and oxygen atoms in total. The van der Waals surface area contributed by atoms with Crippen molar-refractivity contribution in [2.75, 3.05) is 0 Å². The molecule has 1 atom stereocenters. The van der Waals surface area contributed by atoms with Crippen molar-refractivity contribution in [2.24, 2.45) is 0 Å². The molecule has 1 unspecified atom stereocenters. The molecule has 2 aromatic rings. The summed E-state index contributed by atoms with van der Waals surface area (Å²) in [7, 11) is 0. The van der Waals surface area contributed by atoms with E-state index in [4.69, 9.17) is 0 Å². The highest BCUT2D eigenvalue weighted by Crippen LogP contribution is 2.26. The molecule has 2 rings (SSSR count). The van der Waals surface area contributed by atoms with Crippen LogP contribution in [0.5, 0.6) is 0 Å². The van der Waals surface area contributed by atoms with E-state index in [1.807, 2.05) is 43.3 Å². The second-order valence-corrected chi connectivity index (χ2v) is 3.98. The first kappa shape index (κ1) is 11.3. The van der Waals surface area contributed by atoms with Crippen molar-refractivity contribution >= 4 is 5.69 Å². The number of hydrogen-bond donors (Lipinski definition) is 0. The summed E-state index contributed by atoms with van der Waals surface area (Å²) in [4.78, 5) is 10.4. The van der Waals surface area contributed by atoms with Gasteiger partial charge in [-0.05, 0) is 11.1 Å². The van der Waals surface area contributed by atoms with Gasteiger partial charge in [-0.1, -0.05) is 49.4 Å². The summed E-state index contributed by atoms with van der Waals surface area (Å²) in [5.74, 6) is 0.163. The fraction of sp³-hybridized carbons (Fsp3) is 0.143. The number of nitro groups is 1. The zero-order valence-corrected chi connectivity index (χ0v) is 9.54. The van der Waals surface area contributed by atoms with Gasteiger partial charge in [0.25, 0.3) is 5.69 Å². The van der Waals surface area contributed by atoms with Crippen LogP contribution in [0.2, 0.25) is 0 Å². The van der Waals surface area contributed by atoms with E-state index >= 15 is 0 Å². The molecule has 0 spiro atoms. The molecule has 0 aliphatic carbocycles. The smallest absolute Gasteiger partial charge is 0.258 e. The molecule has 0 radical (unpaired) electrons. The number of rotatable bonds is 3. The first-order chi connectivity index (χ1) is 8.18. The number of benzene rings is 2. The summed E-state index contributed by atoms with van der Waals surface area (Å²) in [6, 6.07) is 16.8. The van der Waals surface area contributed by atoms with Crippen LogP contribution in [-0.4, -0.2) is 4.92 Å². The molecule has 0 aliphatic heterocycles. The summed E-state index contributed by atoms with van der Waals surface area (Å²) < 4.78 is 0. The SMILES string of the molecule is CC(c1ccccc1)c1cccc([N+](=O)[O-])c1. The minimum Gasteiger partial charge on any atom is -0.258 e. The van der Waals surface area contributed by atoms with Crippen LogP contribution in [0, 0.1) is 10.1 Å². The molecule has 0 heterocycles. The van der Waals surface area contributed by atoms with Gasteiger partial charge in [0.15, 0.2) is 0 Å². The van der Waals surface area contributed by atoms with Crippen LogP contribution in [0.25, 0.3) is 0 Å². The van der Waals surface area contributed by atoms with E-state index in [2.05, 4.69) is 0 Å². The van der Waals surface area contributed by atoms with E-state index in [9.17, 15) is 10.1 Å². The first-order valence-electron chi connectivity index (χ1n) is 5.48. The van der Waals surface area contributed by atoms with Crippen LogP contribution in [0.3, 0.4) is 0 Å². The van der Waals surface area contributed by atoms with Gasteiger partial charge >= 0.3 is 0 Å². The van der Waals surface area contributed by atoms with Gasteiger partial charge in [0.1, 0.15) is 0 Å². The molecule has 0 N–H and O–H groups in total.